The van der Waals surface area contributed by atoms with Crippen molar-refractivity contribution in [2.45, 2.75) is 193 Å². The highest BCUT2D eigenvalue weighted by atomic mass is 16.3. The molecule has 1 fully saturated rings. The first-order valence-corrected chi connectivity index (χ1v) is 25.3. The molecule has 0 aromatic rings. The molecule has 9 amide bonds. The maximum Gasteiger partial charge on any atom is 0.244 e. The lowest BCUT2D eigenvalue weighted by Crippen LogP contribution is -2.61. The second kappa shape index (κ2) is 34.4. The summed E-state index contributed by atoms with van der Waals surface area (Å²) in [7, 11) is 0. The predicted octanol–water partition coefficient (Wildman–Crippen LogP) is -2.36. The first kappa shape index (κ1) is 63.0. The minimum atomic E-state index is -1.46. The van der Waals surface area contributed by atoms with Gasteiger partial charge in [0.1, 0.15) is 48.3 Å². The van der Waals surface area contributed by atoms with Gasteiger partial charge in [-0.3, -0.25) is 43.2 Å². The van der Waals surface area contributed by atoms with Gasteiger partial charge >= 0.3 is 0 Å². The number of nitrogens with one attached hydrogen (secondary N) is 9. The van der Waals surface area contributed by atoms with Crippen molar-refractivity contribution in [1.82, 2.24) is 47.9 Å². The van der Waals surface area contributed by atoms with E-state index in [4.69, 9.17) is 22.9 Å². The maximum atomic E-state index is 14.2. The molecule has 0 radical (unpaired) electrons. The van der Waals surface area contributed by atoms with Crippen LogP contribution in [-0.2, 0) is 43.2 Å². The third-order valence-corrected chi connectivity index (χ3v) is 11.6. The van der Waals surface area contributed by atoms with Crippen molar-refractivity contribution in [2.75, 3.05) is 32.7 Å². The number of hydrogen-bond acceptors (Lipinski definition) is 14. The number of carbonyl (C=O) groups excluding carboxylic acids is 9. The highest BCUT2D eigenvalue weighted by Gasteiger charge is 2.35. The number of nitrogens with two attached hydrogens (primary N) is 4. The summed E-state index contributed by atoms with van der Waals surface area (Å²) in [5.41, 5.74) is 23.5. The summed E-state index contributed by atoms with van der Waals surface area (Å²) in [5, 5.41) is 34.4. The van der Waals surface area contributed by atoms with Crippen molar-refractivity contribution in [1.29, 1.82) is 0 Å². The summed E-state index contributed by atoms with van der Waals surface area (Å²) < 4.78 is 0. The summed E-state index contributed by atoms with van der Waals surface area (Å²) in [6.45, 7) is 12.2. The topological polar surface area (TPSA) is 386 Å². The normalized spacial score (nSPS) is 23.8. The van der Waals surface area contributed by atoms with Crippen molar-refractivity contribution < 1.29 is 48.3 Å². The van der Waals surface area contributed by atoms with E-state index in [1.54, 1.807) is 0 Å². The van der Waals surface area contributed by atoms with Crippen molar-refractivity contribution in [3.63, 3.8) is 0 Å². The Balaban J connectivity index is 3.76. The summed E-state index contributed by atoms with van der Waals surface area (Å²) >= 11 is 0. The first-order valence-electron chi connectivity index (χ1n) is 25.3. The number of unbranched alkanes of at least 4 members (excludes halogenated alkanes) is 4. The third kappa shape index (κ3) is 24.7. The summed E-state index contributed by atoms with van der Waals surface area (Å²) in [6, 6.07) is -10.2. The summed E-state index contributed by atoms with van der Waals surface area (Å²) in [6.07, 6.45) is 3.85. The second-order valence-electron chi connectivity index (χ2n) is 19.5. The molecular weight excluding hydrogens is 907 g/mol. The fourth-order valence-corrected chi connectivity index (χ4v) is 7.84. The van der Waals surface area contributed by atoms with Gasteiger partial charge in [-0.05, 0) is 88.8 Å². The molecule has 0 saturated carbocycles. The Morgan fingerprint density at radius 3 is 1.36 bits per heavy atom. The van der Waals surface area contributed by atoms with Gasteiger partial charge < -0.3 is 75.9 Å². The molecule has 0 aliphatic carbocycles. The van der Waals surface area contributed by atoms with Crippen molar-refractivity contribution in [3.05, 3.63) is 0 Å². The number of aliphatic hydroxyl groups is 1. The first-order chi connectivity index (χ1) is 33.1. The molecule has 23 heteroatoms. The minimum absolute atomic E-state index is 0.0357. The van der Waals surface area contributed by atoms with Gasteiger partial charge in [0, 0.05) is 13.1 Å². The number of hydrogen-bond donors (Lipinski definition) is 14. The third-order valence-electron chi connectivity index (χ3n) is 11.6. The molecule has 402 valence electrons. The van der Waals surface area contributed by atoms with Crippen LogP contribution in [-0.4, -0.2) is 145 Å². The van der Waals surface area contributed by atoms with Gasteiger partial charge in [0.15, 0.2) is 0 Å². The van der Waals surface area contributed by atoms with Crippen molar-refractivity contribution >= 4 is 53.2 Å². The van der Waals surface area contributed by atoms with Crippen LogP contribution >= 0.6 is 0 Å². The predicted molar refractivity (Wildman–Crippen MR) is 266 cm³/mol. The SMILES string of the molecule is CCCCCCC[C@@H](O)CC(=O)N[C@H](CN)C(=O)N[C@H]1CCNC(=O)[C@H](CC(C)C)NC(=O)[C@H](CCN)NC(=O)[C@H](CCN)NC(=O)[C@H](CC(C)C)NC(=O)[C@@H](CC(C)C)NC(=O)[C@H](CCN)NC1=O. The average Bonchev–Trinajstić information content (AvgIpc) is 3.28. The number of rotatable bonds is 24. The van der Waals surface area contributed by atoms with Crippen LogP contribution in [0, 0.1) is 17.8 Å². The van der Waals surface area contributed by atoms with Crippen LogP contribution in [0.25, 0.3) is 0 Å². The quantitative estimate of drug-likeness (QED) is 0.0450. The zero-order valence-electron chi connectivity index (χ0n) is 42.8. The summed E-state index contributed by atoms with van der Waals surface area (Å²) in [4.78, 5) is 124. The molecule has 0 spiro atoms. The molecule has 1 aliphatic rings. The number of carbonyl (C=O) groups is 9. The average molecular weight is 996 g/mol. The summed E-state index contributed by atoms with van der Waals surface area (Å²) in [5.74, 6) is -7.18. The smallest absolute Gasteiger partial charge is 0.244 e. The largest absolute Gasteiger partial charge is 0.393 e. The molecule has 1 heterocycles. The van der Waals surface area contributed by atoms with Crippen LogP contribution in [0.5, 0.6) is 0 Å². The number of amides is 9. The van der Waals surface area contributed by atoms with Gasteiger partial charge in [0.2, 0.25) is 53.2 Å². The lowest BCUT2D eigenvalue weighted by Gasteiger charge is -2.29. The Bertz CT molecular complexity index is 1670. The van der Waals surface area contributed by atoms with E-state index in [9.17, 15) is 48.3 Å². The molecule has 1 rings (SSSR count). The molecule has 23 nitrogen and oxygen atoms in total. The lowest BCUT2D eigenvalue weighted by molar-refractivity contribution is -0.136. The Labute approximate surface area is 414 Å². The zero-order valence-corrected chi connectivity index (χ0v) is 42.8. The Hall–Kier alpha value is -4.97. The van der Waals surface area contributed by atoms with Gasteiger partial charge in [-0.1, -0.05) is 80.6 Å². The van der Waals surface area contributed by atoms with Crippen LogP contribution in [0.3, 0.4) is 0 Å². The second-order valence-corrected chi connectivity index (χ2v) is 19.5. The Kier molecular flexibility index (Phi) is 31.0. The van der Waals surface area contributed by atoms with Gasteiger partial charge in [0.25, 0.3) is 0 Å². The van der Waals surface area contributed by atoms with E-state index in [0.29, 0.717) is 6.42 Å². The fourth-order valence-electron chi connectivity index (χ4n) is 7.84. The van der Waals surface area contributed by atoms with Crippen LogP contribution in [0.1, 0.15) is 138 Å². The van der Waals surface area contributed by atoms with Gasteiger partial charge in [-0.15, -0.1) is 0 Å². The molecule has 0 bridgehead atoms. The maximum absolute atomic E-state index is 14.2. The monoisotopic (exact) mass is 996 g/mol. The standard InChI is InChI=1S/C47H89N13O10/c1-8-9-10-11-12-13-30(61)25-39(62)53-38(26-51)47(70)57-34-17-21-52-40(63)35(22-27(2)3)58-42(65)32(15-19-49)54-41(64)31(14-18-48)56-45(68)36(23-28(4)5)60-46(69)37(24-29(6)7)59-43(66)33(16-20-50)55-44(34)67/h27-38,61H,8-26,48-51H2,1-7H3,(H,52,63)(H,53,62)(H,54,64)(H,55,67)(H,56,68)(H,57,70)(H,58,65)(H,59,66)(H,60,69)/t30-,31+,32+,33+,34+,35+,36+,37-,38-/m1/s1. The highest BCUT2D eigenvalue weighted by molar-refractivity contribution is 5.98. The van der Waals surface area contributed by atoms with Crippen LogP contribution in [0.4, 0.5) is 0 Å². The van der Waals surface area contributed by atoms with E-state index in [-0.39, 0.29) is 102 Å². The van der Waals surface area contributed by atoms with E-state index < -0.39 is 108 Å². The zero-order chi connectivity index (χ0) is 52.9. The van der Waals surface area contributed by atoms with Gasteiger partial charge in [-0.25, -0.2) is 0 Å². The molecule has 0 aromatic carbocycles. The molecule has 9 atom stereocenters. The molecule has 1 saturated heterocycles. The number of aliphatic hydroxyl groups excluding tert-OH is 1. The fraction of sp³-hybridized carbons (Fsp3) is 0.809. The Morgan fingerprint density at radius 2 is 0.957 bits per heavy atom. The van der Waals surface area contributed by atoms with Crippen LogP contribution in [0.15, 0.2) is 0 Å². The Morgan fingerprint density at radius 1 is 0.571 bits per heavy atom. The molecule has 1 aliphatic heterocycles. The highest BCUT2D eigenvalue weighted by Crippen LogP contribution is 2.13. The lowest BCUT2D eigenvalue weighted by atomic mass is 9.99. The van der Waals surface area contributed by atoms with Crippen molar-refractivity contribution in [2.24, 2.45) is 40.7 Å². The van der Waals surface area contributed by atoms with E-state index >= 15 is 0 Å². The molecular formula is C47H89N13O10. The van der Waals surface area contributed by atoms with E-state index in [2.05, 4.69) is 54.8 Å². The van der Waals surface area contributed by atoms with E-state index in [0.717, 1.165) is 32.1 Å². The van der Waals surface area contributed by atoms with Crippen molar-refractivity contribution in [3.8, 4) is 0 Å². The van der Waals surface area contributed by atoms with Gasteiger partial charge in [-0.2, -0.15) is 0 Å². The van der Waals surface area contributed by atoms with E-state index in [1.807, 2.05) is 41.5 Å². The molecule has 0 unspecified atom stereocenters. The molecule has 70 heavy (non-hydrogen) atoms. The minimum Gasteiger partial charge on any atom is -0.393 e. The van der Waals surface area contributed by atoms with Crippen LogP contribution in [0.2, 0.25) is 0 Å². The molecule has 18 N–H and O–H groups in total. The van der Waals surface area contributed by atoms with Crippen LogP contribution < -0.4 is 70.8 Å². The molecule has 0 aromatic heterocycles. The van der Waals surface area contributed by atoms with E-state index in [1.165, 1.54) is 0 Å². The van der Waals surface area contributed by atoms with Gasteiger partial charge in [0.05, 0.1) is 12.5 Å².